The van der Waals surface area contributed by atoms with Gasteiger partial charge in [0.05, 0.1) is 17.4 Å². The van der Waals surface area contributed by atoms with Gasteiger partial charge in [0, 0.05) is 30.2 Å². The predicted octanol–water partition coefficient (Wildman–Crippen LogP) is 5.27. The number of pyridine rings is 1. The molecule has 2 N–H and O–H groups in total. The van der Waals surface area contributed by atoms with E-state index < -0.39 is 0 Å². The number of fused-ring (bicyclic) bond motifs is 1. The highest BCUT2D eigenvalue weighted by Gasteiger charge is 2.18. The minimum absolute atomic E-state index is 0.195. The highest BCUT2D eigenvalue weighted by Crippen LogP contribution is 2.24. The molecule has 5 aromatic rings. The average Bonchev–Trinajstić information content (AvgIpc) is 3.26. The summed E-state index contributed by atoms with van der Waals surface area (Å²) >= 11 is 0. The lowest BCUT2D eigenvalue weighted by Gasteiger charge is -2.07. The number of carbonyl (C=O) groups is 2. The van der Waals surface area contributed by atoms with E-state index in [0.29, 0.717) is 40.9 Å². The van der Waals surface area contributed by atoms with Crippen molar-refractivity contribution in [1.29, 1.82) is 0 Å². The SMILES string of the molecule is O=C(Nc1cnc2c(c1)c(C(=O)NCc1ccccc1)cn2Cc1ccccc1)c1ccccc1. The number of hydrogen-bond donors (Lipinski definition) is 2. The molecule has 172 valence electrons. The van der Waals surface area contributed by atoms with Crippen LogP contribution in [0.15, 0.2) is 109 Å². The Morgan fingerprint density at radius 1 is 0.771 bits per heavy atom. The lowest BCUT2D eigenvalue weighted by atomic mass is 10.1. The van der Waals surface area contributed by atoms with Gasteiger partial charge in [-0.25, -0.2) is 4.98 Å². The van der Waals surface area contributed by atoms with Crippen LogP contribution in [0.25, 0.3) is 11.0 Å². The summed E-state index contributed by atoms with van der Waals surface area (Å²) in [6, 6.07) is 30.6. The molecule has 0 saturated heterocycles. The number of aromatic nitrogens is 2. The molecule has 0 aliphatic carbocycles. The van der Waals surface area contributed by atoms with Crippen LogP contribution < -0.4 is 10.6 Å². The maximum Gasteiger partial charge on any atom is 0.255 e. The Morgan fingerprint density at radius 3 is 2.09 bits per heavy atom. The molecule has 3 aromatic carbocycles. The van der Waals surface area contributed by atoms with Crippen LogP contribution in [0.3, 0.4) is 0 Å². The number of amides is 2. The molecule has 6 heteroatoms. The van der Waals surface area contributed by atoms with E-state index in [1.165, 1.54) is 0 Å². The second-order valence-electron chi connectivity index (χ2n) is 8.24. The third-order valence-corrected chi connectivity index (χ3v) is 5.74. The fourth-order valence-electron chi connectivity index (χ4n) is 3.99. The molecule has 0 atom stereocenters. The Kier molecular flexibility index (Phi) is 6.35. The maximum atomic E-state index is 13.2. The van der Waals surface area contributed by atoms with Gasteiger partial charge in [0.1, 0.15) is 5.65 Å². The van der Waals surface area contributed by atoms with Crippen LogP contribution in [0.4, 0.5) is 5.69 Å². The largest absolute Gasteiger partial charge is 0.348 e. The molecule has 2 aromatic heterocycles. The molecule has 0 aliphatic heterocycles. The highest BCUT2D eigenvalue weighted by molar-refractivity contribution is 6.08. The Hall–Kier alpha value is -4.71. The van der Waals surface area contributed by atoms with Crippen molar-refractivity contribution in [3.63, 3.8) is 0 Å². The first-order valence-electron chi connectivity index (χ1n) is 11.4. The lowest BCUT2D eigenvalue weighted by Crippen LogP contribution is -2.22. The first-order valence-corrected chi connectivity index (χ1v) is 11.4. The number of rotatable bonds is 7. The van der Waals surface area contributed by atoms with E-state index in [2.05, 4.69) is 15.6 Å². The van der Waals surface area contributed by atoms with Gasteiger partial charge in [-0.05, 0) is 29.3 Å². The smallest absolute Gasteiger partial charge is 0.255 e. The fourth-order valence-corrected chi connectivity index (χ4v) is 3.99. The second-order valence-corrected chi connectivity index (χ2v) is 8.24. The number of anilines is 1. The molecular formula is C29H24N4O2. The van der Waals surface area contributed by atoms with Crippen LogP contribution in [-0.2, 0) is 13.1 Å². The minimum atomic E-state index is -0.231. The third kappa shape index (κ3) is 5.12. The molecule has 0 radical (unpaired) electrons. The Balaban J connectivity index is 1.47. The van der Waals surface area contributed by atoms with Crippen molar-refractivity contribution in [3.05, 3.63) is 132 Å². The molecular weight excluding hydrogens is 436 g/mol. The quantitative estimate of drug-likeness (QED) is 0.348. The summed E-state index contributed by atoms with van der Waals surface area (Å²) in [6.07, 6.45) is 3.45. The molecule has 2 amide bonds. The fraction of sp³-hybridized carbons (Fsp3) is 0.0690. The maximum absolute atomic E-state index is 13.2. The minimum Gasteiger partial charge on any atom is -0.348 e. The number of nitrogens with one attached hydrogen (secondary N) is 2. The number of carbonyl (C=O) groups excluding carboxylic acids is 2. The third-order valence-electron chi connectivity index (χ3n) is 5.74. The topological polar surface area (TPSA) is 76.0 Å². The Morgan fingerprint density at radius 2 is 1.40 bits per heavy atom. The van der Waals surface area contributed by atoms with Gasteiger partial charge in [0.15, 0.2) is 0 Å². The van der Waals surface area contributed by atoms with Gasteiger partial charge in [0.25, 0.3) is 11.8 Å². The van der Waals surface area contributed by atoms with Crippen molar-refractivity contribution < 1.29 is 9.59 Å². The molecule has 6 nitrogen and oxygen atoms in total. The standard InChI is InChI=1S/C29H24N4O2/c34-28(23-14-8-3-9-15-23)32-24-16-25-26(29(35)31-17-21-10-4-1-5-11-21)20-33(27(25)30-18-24)19-22-12-6-2-7-13-22/h1-16,18,20H,17,19H2,(H,31,35)(H,32,34). The second kappa shape index (κ2) is 10.1. The molecule has 0 bridgehead atoms. The summed E-state index contributed by atoms with van der Waals surface area (Å²) in [5, 5.41) is 6.57. The van der Waals surface area contributed by atoms with E-state index in [4.69, 9.17) is 0 Å². The molecule has 2 heterocycles. The van der Waals surface area contributed by atoms with Crippen molar-refractivity contribution in [2.75, 3.05) is 5.32 Å². The summed E-state index contributed by atoms with van der Waals surface area (Å²) in [6.45, 7) is 0.995. The average molecular weight is 461 g/mol. The molecule has 0 fully saturated rings. The number of hydrogen-bond acceptors (Lipinski definition) is 3. The highest BCUT2D eigenvalue weighted by atomic mass is 16.2. The molecule has 5 rings (SSSR count). The molecule has 0 spiro atoms. The van der Waals surface area contributed by atoms with Crippen molar-refractivity contribution in [3.8, 4) is 0 Å². The summed E-state index contributed by atoms with van der Waals surface area (Å²) in [5.74, 6) is -0.426. The van der Waals surface area contributed by atoms with Gasteiger partial charge >= 0.3 is 0 Å². The Labute approximate surface area is 203 Å². The zero-order valence-electron chi connectivity index (χ0n) is 19.0. The van der Waals surface area contributed by atoms with Crippen LogP contribution in [0.1, 0.15) is 31.8 Å². The van der Waals surface area contributed by atoms with Crippen LogP contribution in [0.2, 0.25) is 0 Å². The van der Waals surface area contributed by atoms with Crippen molar-refractivity contribution >= 4 is 28.5 Å². The zero-order valence-corrected chi connectivity index (χ0v) is 19.0. The van der Waals surface area contributed by atoms with E-state index in [1.54, 1.807) is 18.3 Å². The van der Waals surface area contributed by atoms with Crippen molar-refractivity contribution in [1.82, 2.24) is 14.9 Å². The van der Waals surface area contributed by atoms with E-state index >= 15 is 0 Å². The van der Waals surface area contributed by atoms with Gasteiger partial charge in [0.2, 0.25) is 0 Å². The normalized spacial score (nSPS) is 10.7. The van der Waals surface area contributed by atoms with E-state index in [-0.39, 0.29) is 11.8 Å². The molecule has 0 aliphatic rings. The van der Waals surface area contributed by atoms with Crippen LogP contribution in [0.5, 0.6) is 0 Å². The summed E-state index contributed by atoms with van der Waals surface area (Å²) in [4.78, 5) is 30.5. The summed E-state index contributed by atoms with van der Waals surface area (Å²) < 4.78 is 1.96. The van der Waals surface area contributed by atoms with Crippen LogP contribution >= 0.6 is 0 Å². The van der Waals surface area contributed by atoms with Crippen LogP contribution in [0, 0.1) is 0 Å². The lowest BCUT2D eigenvalue weighted by molar-refractivity contribution is 0.0951. The first kappa shape index (κ1) is 22.1. The molecule has 35 heavy (non-hydrogen) atoms. The van der Waals surface area contributed by atoms with Crippen molar-refractivity contribution in [2.24, 2.45) is 0 Å². The van der Waals surface area contributed by atoms with Gasteiger partial charge in [-0.1, -0.05) is 78.9 Å². The number of benzene rings is 3. The summed E-state index contributed by atoms with van der Waals surface area (Å²) in [5.41, 5.74) is 4.38. The van der Waals surface area contributed by atoms with Gasteiger partial charge < -0.3 is 15.2 Å². The van der Waals surface area contributed by atoms with Gasteiger partial charge in [-0.3, -0.25) is 9.59 Å². The van der Waals surface area contributed by atoms with E-state index in [9.17, 15) is 9.59 Å². The molecule has 0 unspecified atom stereocenters. The zero-order chi connectivity index (χ0) is 24.0. The van der Waals surface area contributed by atoms with E-state index in [1.807, 2.05) is 95.7 Å². The van der Waals surface area contributed by atoms with E-state index in [0.717, 1.165) is 11.1 Å². The van der Waals surface area contributed by atoms with Gasteiger partial charge in [-0.2, -0.15) is 0 Å². The Bertz CT molecular complexity index is 1460. The van der Waals surface area contributed by atoms with Crippen molar-refractivity contribution in [2.45, 2.75) is 13.1 Å². The van der Waals surface area contributed by atoms with Crippen LogP contribution in [-0.4, -0.2) is 21.4 Å². The molecule has 0 saturated carbocycles. The predicted molar refractivity (Wildman–Crippen MR) is 137 cm³/mol. The number of nitrogens with zero attached hydrogens (tertiary/aromatic N) is 2. The first-order chi connectivity index (χ1) is 17.2. The monoisotopic (exact) mass is 460 g/mol. The summed E-state index contributed by atoms with van der Waals surface area (Å²) in [7, 11) is 0. The van der Waals surface area contributed by atoms with Gasteiger partial charge in [-0.15, -0.1) is 0 Å².